The van der Waals surface area contributed by atoms with Crippen LogP contribution in [0, 0.1) is 0 Å². The Morgan fingerprint density at radius 2 is 1.89 bits per heavy atom. The van der Waals surface area contributed by atoms with Crippen molar-refractivity contribution in [3.8, 4) is 5.75 Å². The lowest BCUT2D eigenvalue weighted by atomic mass is 10.1. The minimum Gasteiger partial charge on any atom is -0.468 e. The van der Waals surface area contributed by atoms with Crippen LogP contribution < -0.4 is 4.74 Å². The quantitative estimate of drug-likeness (QED) is 0.194. The van der Waals surface area contributed by atoms with Crippen LogP contribution in [0.5, 0.6) is 5.75 Å². The maximum absolute atomic E-state index is 15.5. The largest absolute Gasteiger partial charge is 0.468 e. The number of piperazine rings is 1. The van der Waals surface area contributed by atoms with Crippen molar-refractivity contribution in [3.05, 3.63) is 29.8 Å². The first kappa shape index (κ1) is 28.9. The van der Waals surface area contributed by atoms with Gasteiger partial charge in [-0.25, -0.2) is 14.0 Å². The van der Waals surface area contributed by atoms with Gasteiger partial charge >= 0.3 is 12.2 Å². The van der Waals surface area contributed by atoms with Crippen LogP contribution in [0.1, 0.15) is 40.2 Å². The number of halogens is 1. The Morgan fingerprint density at radius 3 is 2.49 bits per heavy atom. The third kappa shape index (κ3) is 9.68. The Labute approximate surface area is 209 Å². The number of amides is 2. The summed E-state index contributed by atoms with van der Waals surface area (Å²) in [5, 5.41) is 0. The van der Waals surface area contributed by atoms with E-state index in [1.165, 1.54) is 11.8 Å². The summed E-state index contributed by atoms with van der Waals surface area (Å²) in [6.07, 6.45) is -1.39. The lowest BCUT2D eigenvalue weighted by Crippen LogP contribution is -2.65. The number of carbonyl (C=O) groups excluding carboxylic acids is 2. The van der Waals surface area contributed by atoms with Crippen LogP contribution in [0.25, 0.3) is 0 Å². The van der Waals surface area contributed by atoms with Crippen LogP contribution in [-0.2, 0) is 20.8 Å². The molecule has 1 fully saturated rings. The molecule has 0 saturated carbocycles. The fourth-order valence-corrected chi connectivity index (χ4v) is 4.43. The van der Waals surface area contributed by atoms with Gasteiger partial charge in [0.2, 0.25) is 5.79 Å². The second kappa shape index (κ2) is 11.6. The zero-order valence-corrected chi connectivity index (χ0v) is 23.4. The van der Waals surface area contributed by atoms with Crippen molar-refractivity contribution in [2.45, 2.75) is 84.3 Å². The van der Waals surface area contributed by atoms with Crippen LogP contribution in [0.2, 0.25) is 25.7 Å². The van der Waals surface area contributed by atoms with Crippen molar-refractivity contribution in [1.82, 2.24) is 9.80 Å². The maximum Gasteiger partial charge on any atom is 0.412 e. The molecular formula is C25H41FN2O6Si. The van der Waals surface area contributed by atoms with Crippen LogP contribution in [-0.4, -0.2) is 74.0 Å². The first-order valence-electron chi connectivity index (χ1n) is 12.0. The van der Waals surface area contributed by atoms with Crippen LogP contribution in [0.4, 0.5) is 14.0 Å². The smallest absolute Gasteiger partial charge is 0.412 e. The number of hydrogen-bond donors (Lipinski definition) is 0. The number of nitrogens with zero attached hydrogens (tertiary/aromatic N) is 2. The van der Waals surface area contributed by atoms with E-state index in [2.05, 4.69) is 19.6 Å². The lowest BCUT2D eigenvalue weighted by Gasteiger charge is -2.46. The molecule has 1 aliphatic rings. The number of carbonyl (C=O) groups is 2. The summed E-state index contributed by atoms with van der Waals surface area (Å²) in [5.41, 5.74) is 0.0140. The molecule has 0 spiro atoms. The number of rotatable bonds is 8. The van der Waals surface area contributed by atoms with E-state index >= 15 is 4.39 Å². The SMILES string of the molecule is CC1CN(C(=O)OC(C)(C)C)CC(C)(F)N1C(=O)OCc1cccc(OCOCC[Si](C)(C)C)c1. The minimum atomic E-state index is -2.11. The molecule has 8 nitrogen and oxygen atoms in total. The number of alkyl halides is 1. The van der Waals surface area contributed by atoms with Gasteiger partial charge in [0.15, 0.2) is 6.79 Å². The van der Waals surface area contributed by atoms with Gasteiger partial charge in [-0.2, -0.15) is 0 Å². The first-order chi connectivity index (χ1) is 16.1. The second-order valence-corrected chi connectivity index (χ2v) is 17.0. The third-order valence-electron chi connectivity index (χ3n) is 5.32. The number of hydrogen-bond acceptors (Lipinski definition) is 6. The monoisotopic (exact) mass is 512 g/mol. The Morgan fingerprint density at radius 1 is 1.20 bits per heavy atom. The van der Waals surface area contributed by atoms with Gasteiger partial charge in [0.05, 0.1) is 12.6 Å². The van der Waals surface area contributed by atoms with Gasteiger partial charge < -0.3 is 23.8 Å². The summed E-state index contributed by atoms with van der Waals surface area (Å²) in [6, 6.07) is 7.61. The average molecular weight is 513 g/mol. The highest BCUT2D eigenvalue weighted by Gasteiger charge is 2.47. The predicted molar refractivity (Wildman–Crippen MR) is 135 cm³/mol. The van der Waals surface area contributed by atoms with E-state index in [0.29, 0.717) is 17.9 Å². The van der Waals surface area contributed by atoms with Crippen molar-refractivity contribution in [1.29, 1.82) is 0 Å². The molecule has 1 aliphatic heterocycles. The summed E-state index contributed by atoms with van der Waals surface area (Å²) in [5.74, 6) is -1.51. The Kier molecular flexibility index (Phi) is 9.58. The highest BCUT2D eigenvalue weighted by atomic mass is 28.3. The highest BCUT2D eigenvalue weighted by molar-refractivity contribution is 6.76. The van der Waals surface area contributed by atoms with E-state index in [1.807, 2.05) is 0 Å². The van der Waals surface area contributed by atoms with E-state index in [1.54, 1.807) is 52.0 Å². The van der Waals surface area contributed by atoms with Gasteiger partial charge in [0.25, 0.3) is 0 Å². The normalized spacial score (nSPS) is 21.0. The number of benzene rings is 1. The molecular weight excluding hydrogens is 471 g/mol. The summed E-state index contributed by atoms with van der Waals surface area (Å²) in [6.45, 7) is 15.6. The van der Waals surface area contributed by atoms with E-state index in [4.69, 9.17) is 18.9 Å². The molecule has 2 atom stereocenters. The summed E-state index contributed by atoms with van der Waals surface area (Å²) < 4.78 is 37.5. The van der Waals surface area contributed by atoms with Gasteiger partial charge in [-0.05, 0) is 58.4 Å². The predicted octanol–water partition coefficient (Wildman–Crippen LogP) is 5.64. The second-order valence-electron chi connectivity index (χ2n) is 11.4. The van der Waals surface area contributed by atoms with Crippen molar-refractivity contribution in [3.63, 3.8) is 0 Å². The highest BCUT2D eigenvalue weighted by Crippen LogP contribution is 2.29. The summed E-state index contributed by atoms with van der Waals surface area (Å²) in [7, 11) is -1.15. The summed E-state index contributed by atoms with van der Waals surface area (Å²) in [4.78, 5) is 27.5. The topological polar surface area (TPSA) is 77.5 Å². The Bertz CT molecular complexity index is 868. The van der Waals surface area contributed by atoms with Crippen molar-refractivity contribution in [2.75, 3.05) is 26.5 Å². The molecule has 2 unspecified atom stereocenters. The fourth-order valence-electron chi connectivity index (χ4n) is 3.67. The standard InChI is InChI=1S/C25H41FN2O6Si/c1-19-15-27(22(29)34-24(2,3)4)17-25(5,26)28(19)23(30)32-16-20-10-9-11-21(14-20)33-18-31-12-13-35(6,7)8/h9-11,14,19H,12-13,15-18H2,1-8H3. The lowest BCUT2D eigenvalue weighted by molar-refractivity contribution is -0.0963. The van der Waals surface area contributed by atoms with Gasteiger partial charge in [-0.1, -0.05) is 31.8 Å². The number of ether oxygens (including phenoxy) is 4. The Hall–Kier alpha value is -2.33. The molecule has 1 saturated heterocycles. The van der Waals surface area contributed by atoms with Gasteiger partial charge in [0.1, 0.15) is 18.0 Å². The fraction of sp³-hybridized carbons (Fsp3) is 0.680. The van der Waals surface area contributed by atoms with Gasteiger partial charge in [0, 0.05) is 21.2 Å². The summed E-state index contributed by atoms with van der Waals surface area (Å²) >= 11 is 0. The molecule has 10 heteroatoms. The molecule has 0 aromatic heterocycles. The van der Waals surface area contributed by atoms with E-state index in [-0.39, 0.29) is 26.5 Å². The minimum absolute atomic E-state index is 0.0401. The van der Waals surface area contributed by atoms with E-state index < -0.39 is 37.7 Å². The molecule has 198 valence electrons. The molecule has 2 rings (SSSR count). The molecule has 1 heterocycles. The molecule has 1 aromatic carbocycles. The zero-order valence-electron chi connectivity index (χ0n) is 22.4. The molecule has 1 aromatic rings. The third-order valence-corrected chi connectivity index (χ3v) is 7.03. The van der Waals surface area contributed by atoms with Crippen LogP contribution in [0.3, 0.4) is 0 Å². The van der Waals surface area contributed by atoms with Crippen LogP contribution in [0.15, 0.2) is 24.3 Å². The zero-order chi connectivity index (χ0) is 26.4. The molecule has 0 N–H and O–H groups in total. The van der Waals surface area contributed by atoms with E-state index in [0.717, 1.165) is 10.9 Å². The molecule has 35 heavy (non-hydrogen) atoms. The molecule has 0 aliphatic carbocycles. The van der Waals surface area contributed by atoms with Crippen molar-refractivity contribution in [2.24, 2.45) is 0 Å². The molecule has 0 radical (unpaired) electrons. The first-order valence-corrected chi connectivity index (χ1v) is 15.7. The maximum atomic E-state index is 15.5. The van der Waals surface area contributed by atoms with Gasteiger partial charge in [-0.3, -0.25) is 4.90 Å². The average Bonchev–Trinajstić information content (AvgIpc) is 2.69. The molecule has 0 bridgehead atoms. The van der Waals surface area contributed by atoms with Crippen molar-refractivity contribution >= 4 is 20.3 Å². The van der Waals surface area contributed by atoms with E-state index in [9.17, 15) is 9.59 Å². The van der Waals surface area contributed by atoms with Crippen LogP contribution >= 0.6 is 0 Å². The Balaban J connectivity index is 1.89. The van der Waals surface area contributed by atoms with Crippen molar-refractivity contribution < 1.29 is 32.9 Å². The van der Waals surface area contributed by atoms with Gasteiger partial charge in [-0.15, -0.1) is 0 Å². The molecule has 2 amide bonds.